The number of hydrogen-bond donors (Lipinski definition) is 0. The van der Waals surface area contributed by atoms with E-state index in [-0.39, 0.29) is 5.78 Å². The van der Waals surface area contributed by atoms with Gasteiger partial charge in [0.25, 0.3) is 0 Å². The Bertz CT molecular complexity index is 505. The Morgan fingerprint density at radius 3 is 2.50 bits per heavy atom. The van der Waals surface area contributed by atoms with E-state index in [2.05, 4.69) is 25.9 Å². The zero-order valence-corrected chi connectivity index (χ0v) is 14.2. The topological polar surface area (TPSA) is 47.4 Å². The monoisotopic (exact) mass is 343 g/mol. The summed E-state index contributed by atoms with van der Waals surface area (Å²) in [6.45, 7) is 8.95. The van der Waals surface area contributed by atoms with Crippen molar-refractivity contribution in [1.29, 1.82) is 0 Å². The van der Waals surface area contributed by atoms with Crippen molar-refractivity contribution in [1.82, 2.24) is 14.7 Å². The van der Waals surface area contributed by atoms with Crippen molar-refractivity contribution >= 4 is 21.7 Å². The zero-order valence-electron chi connectivity index (χ0n) is 12.6. The molecule has 2 heterocycles. The van der Waals surface area contributed by atoms with E-state index in [1.165, 1.54) is 0 Å². The van der Waals surface area contributed by atoms with Crippen LogP contribution in [-0.2, 0) is 23.0 Å². The third-order valence-electron chi connectivity index (χ3n) is 4.07. The van der Waals surface area contributed by atoms with E-state index < -0.39 is 5.54 Å². The minimum Gasteiger partial charge on any atom is -0.379 e. The van der Waals surface area contributed by atoms with Gasteiger partial charge in [-0.3, -0.25) is 14.4 Å². The molecule has 1 aromatic heterocycles. The molecule has 0 atom stereocenters. The van der Waals surface area contributed by atoms with E-state index >= 15 is 0 Å². The minimum absolute atomic E-state index is 0.211. The SMILES string of the molecule is Cc1nn(C)c(CC(=O)C(C)(C)N2CCOCC2)c1Br. The Kier molecular flexibility index (Phi) is 4.66. The van der Waals surface area contributed by atoms with E-state index in [1.807, 2.05) is 27.8 Å². The molecule has 0 spiro atoms. The van der Waals surface area contributed by atoms with Crippen molar-refractivity contribution in [2.24, 2.45) is 7.05 Å². The number of ketones is 1. The smallest absolute Gasteiger partial charge is 0.158 e. The molecule has 5 nitrogen and oxygen atoms in total. The van der Waals surface area contributed by atoms with Crippen LogP contribution in [0.4, 0.5) is 0 Å². The van der Waals surface area contributed by atoms with Gasteiger partial charge in [-0.25, -0.2) is 0 Å². The molecule has 0 bridgehead atoms. The normalized spacial score (nSPS) is 17.4. The van der Waals surface area contributed by atoms with Crippen molar-refractivity contribution in [2.75, 3.05) is 26.3 Å². The quantitative estimate of drug-likeness (QED) is 0.834. The van der Waals surface area contributed by atoms with E-state index in [0.717, 1.165) is 29.0 Å². The number of carbonyl (C=O) groups is 1. The van der Waals surface area contributed by atoms with Gasteiger partial charge >= 0.3 is 0 Å². The molecule has 1 aliphatic heterocycles. The summed E-state index contributed by atoms with van der Waals surface area (Å²) in [6.07, 6.45) is 0.391. The lowest BCUT2D eigenvalue weighted by atomic mass is 9.92. The lowest BCUT2D eigenvalue weighted by molar-refractivity contribution is -0.131. The predicted octanol–water partition coefficient (Wildman–Crippen LogP) is 1.71. The van der Waals surface area contributed by atoms with Crippen molar-refractivity contribution in [3.8, 4) is 0 Å². The second-order valence-corrected chi connectivity index (χ2v) is 6.52. The number of carbonyl (C=O) groups excluding carboxylic acids is 1. The summed E-state index contributed by atoms with van der Waals surface area (Å²) >= 11 is 3.52. The fourth-order valence-electron chi connectivity index (χ4n) is 2.54. The molecule has 0 N–H and O–H groups in total. The molecule has 0 aromatic carbocycles. The summed E-state index contributed by atoms with van der Waals surface area (Å²) in [6, 6.07) is 0. The number of halogens is 1. The van der Waals surface area contributed by atoms with Gasteiger partial charge < -0.3 is 4.74 Å². The molecular formula is C14H22BrN3O2. The predicted molar refractivity (Wildman–Crippen MR) is 80.8 cm³/mol. The Morgan fingerprint density at radius 2 is 2.00 bits per heavy atom. The Hall–Kier alpha value is -0.720. The molecule has 20 heavy (non-hydrogen) atoms. The molecule has 0 aliphatic carbocycles. The first-order valence-electron chi connectivity index (χ1n) is 6.88. The van der Waals surface area contributed by atoms with Gasteiger partial charge in [0.15, 0.2) is 5.78 Å². The molecule has 6 heteroatoms. The number of aryl methyl sites for hydroxylation is 2. The van der Waals surface area contributed by atoms with Gasteiger partial charge in [-0.15, -0.1) is 0 Å². The van der Waals surface area contributed by atoms with Crippen LogP contribution in [0.2, 0.25) is 0 Å². The first kappa shape index (κ1) is 15.7. The Balaban J connectivity index is 2.14. The third kappa shape index (κ3) is 2.97. The van der Waals surface area contributed by atoms with E-state index in [0.29, 0.717) is 19.6 Å². The number of aromatic nitrogens is 2. The molecule has 2 rings (SSSR count). The van der Waals surface area contributed by atoms with Crippen LogP contribution in [-0.4, -0.2) is 52.3 Å². The number of morpholine rings is 1. The van der Waals surface area contributed by atoms with E-state index in [1.54, 1.807) is 4.68 Å². The van der Waals surface area contributed by atoms with E-state index in [4.69, 9.17) is 4.74 Å². The summed E-state index contributed by atoms with van der Waals surface area (Å²) in [5.74, 6) is 0.211. The second-order valence-electron chi connectivity index (χ2n) is 5.73. The first-order chi connectivity index (χ1) is 9.34. The number of Topliss-reactive ketones (excluding diaryl/α,β-unsaturated/α-hetero) is 1. The highest BCUT2D eigenvalue weighted by atomic mass is 79.9. The average Bonchev–Trinajstić information content (AvgIpc) is 2.66. The zero-order chi connectivity index (χ0) is 14.9. The van der Waals surface area contributed by atoms with Crippen LogP contribution < -0.4 is 0 Å². The highest BCUT2D eigenvalue weighted by Crippen LogP contribution is 2.24. The fraction of sp³-hybridized carbons (Fsp3) is 0.714. The van der Waals surface area contributed by atoms with Crippen LogP contribution in [0.5, 0.6) is 0 Å². The molecule has 1 aliphatic rings. The van der Waals surface area contributed by atoms with Crippen LogP contribution in [0.25, 0.3) is 0 Å². The molecule has 0 amide bonds. The Morgan fingerprint density at radius 1 is 1.40 bits per heavy atom. The molecule has 1 aromatic rings. The molecule has 1 fully saturated rings. The van der Waals surface area contributed by atoms with Gasteiger partial charge in [0.1, 0.15) is 0 Å². The second kappa shape index (κ2) is 5.95. The third-order valence-corrected chi connectivity index (χ3v) is 5.11. The van der Waals surface area contributed by atoms with Gasteiger partial charge in [-0.05, 0) is 36.7 Å². The summed E-state index contributed by atoms with van der Waals surface area (Å²) in [7, 11) is 1.88. The lowest BCUT2D eigenvalue weighted by Crippen LogP contribution is -2.55. The van der Waals surface area contributed by atoms with Crippen molar-refractivity contribution < 1.29 is 9.53 Å². The van der Waals surface area contributed by atoms with E-state index in [9.17, 15) is 4.79 Å². The summed E-state index contributed by atoms with van der Waals surface area (Å²) in [5.41, 5.74) is 1.38. The molecule has 112 valence electrons. The number of rotatable bonds is 4. The standard InChI is InChI=1S/C14H22BrN3O2/c1-10-13(15)11(17(4)16-10)9-12(19)14(2,3)18-5-7-20-8-6-18/h5-9H2,1-4H3. The number of ether oxygens (including phenoxy) is 1. The number of nitrogens with zero attached hydrogens (tertiary/aromatic N) is 3. The van der Waals surface area contributed by atoms with Gasteiger partial charge in [0.05, 0.1) is 41.0 Å². The van der Waals surface area contributed by atoms with Crippen LogP contribution in [0.1, 0.15) is 25.2 Å². The van der Waals surface area contributed by atoms with Gasteiger partial charge in [0, 0.05) is 20.1 Å². The maximum atomic E-state index is 12.7. The highest BCUT2D eigenvalue weighted by molar-refractivity contribution is 9.10. The maximum absolute atomic E-state index is 12.7. The average molecular weight is 344 g/mol. The van der Waals surface area contributed by atoms with Gasteiger partial charge in [0.2, 0.25) is 0 Å². The molecule has 0 radical (unpaired) electrons. The molecule has 0 saturated carbocycles. The van der Waals surface area contributed by atoms with Crippen molar-refractivity contribution in [3.63, 3.8) is 0 Å². The van der Waals surface area contributed by atoms with Crippen molar-refractivity contribution in [3.05, 3.63) is 15.9 Å². The molecule has 1 saturated heterocycles. The Labute approximate surface area is 128 Å². The van der Waals surface area contributed by atoms with Crippen LogP contribution >= 0.6 is 15.9 Å². The van der Waals surface area contributed by atoms with Crippen LogP contribution in [0, 0.1) is 6.92 Å². The first-order valence-corrected chi connectivity index (χ1v) is 7.67. The largest absolute Gasteiger partial charge is 0.379 e. The van der Waals surface area contributed by atoms with Gasteiger partial charge in [-0.1, -0.05) is 0 Å². The fourth-order valence-corrected chi connectivity index (χ4v) is 3.02. The molecule has 0 unspecified atom stereocenters. The highest BCUT2D eigenvalue weighted by Gasteiger charge is 2.35. The lowest BCUT2D eigenvalue weighted by Gasteiger charge is -2.39. The maximum Gasteiger partial charge on any atom is 0.158 e. The molecular weight excluding hydrogens is 322 g/mol. The number of hydrogen-bond acceptors (Lipinski definition) is 4. The van der Waals surface area contributed by atoms with Crippen molar-refractivity contribution in [2.45, 2.75) is 32.7 Å². The van der Waals surface area contributed by atoms with Crippen LogP contribution in [0.3, 0.4) is 0 Å². The van der Waals surface area contributed by atoms with Crippen LogP contribution in [0.15, 0.2) is 4.47 Å². The van der Waals surface area contributed by atoms with Gasteiger partial charge in [-0.2, -0.15) is 5.10 Å². The minimum atomic E-state index is -0.471. The summed E-state index contributed by atoms with van der Waals surface area (Å²) in [4.78, 5) is 14.9. The summed E-state index contributed by atoms with van der Waals surface area (Å²) < 4.78 is 8.08. The summed E-state index contributed by atoms with van der Waals surface area (Å²) in [5, 5.41) is 4.34.